The van der Waals surface area contributed by atoms with E-state index in [1.165, 1.54) is 36.4 Å². The largest absolute Gasteiger partial charge is 0.478 e. The van der Waals surface area contributed by atoms with Crippen molar-refractivity contribution in [1.29, 1.82) is 0 Å². The molecule has 2 rings (SSSR count). The fourth-order valence-electron chi connectivity index (χ4n) is 1.73. The van der Waals surface area contributed by atoms with Crippen LogP contribution in [0, 0.1) is 10.1 Å². The predicted molar refractivity (Wildman–Crippen MR) is 72.8 cm³/mol. The molecule has 0 aliphatic heterocycles. The molecule has 0 aliphatic carbocycles. The first-order valence-corrected chi connectivity index (χ1v) is 5.62. The molecule has 0 spiro atoms. The van der Waals surface area contributed by atoms with E-state index in [0.29, 0.717) is 5.69 Å². The van der Waals surface area contributed by atoms with E-state index < -0.39 is 10.9 Å². The van der Waals surface area contributed by atoms with Gasteiger partial charge < -0.3 is 5.11 Å². The average Bonchev–Trinajstić information content (AvgIpc) is 2.46. The number of para-hydroxylation sites is 2. The molecule has 2 aromatic carbocycles. The van der Waals surface area contributed by atoms with Gasteiger partial charge in [-0.05, 0) is 30.3 Å². The van der Waals surface area contributed by atoms with Crippen molar-refractivity contribution in [2.24, 2.45) is 5.84 Å². The Kier molecular flexibility index (Phi) is 3.62. The van der Waals surface area contributed by atoms with E-state index in [2.05, 4.69) is 0 Å². The Balaban J connectivity index is 2.38. The molecule has 0 amide bonds. The maximum Gasteiger partial charge on any atom is 0.335 e. The van der Waals surface area contributed by atoms with Crippen LogP contribution in [0.25, 0.3) is 0 Å². The summed E-state index contributed by atoms with van der Waals surface area (Å²) in [5.41, 5.74) is 0.659. The van der Waals surface area contributed by atoms with Crippen LogP contribution >= 0.6 is 0 Å². The Morgan fingerprint density at radius 2 is 1.75 bits per heavy atom. The molecule has 102 valence electrons. The number of hydrogen-bond donors (Lipinski definition) is 2. The van der Waals surface area contributed by atoms with Gasteiger partial charge in [-0.3, -0.25) is 15.1 Å². The summed E-state index contributed by atoms with van der Waals surface area (Å²) in [6.07, 6.45) is 0. The second kappa shape index (κ2) is 5.37. The third-order valence-electron chi connectivity index (χ3n) is 2.73. The number of carboxylic acids is 1. The van der Waals surface area contributed by atoms with Gasteiger partial charge in [0.25, 0.3) is 5.69 Å². The predicted octanol–water partition coefficient (Wildman–Crippen LogP) is 2.30. The van der Waals surface area contributed by atoms with Gasteiger partial charge >= 0.3 is 5.97 Å². The van der Waals surface area contributed by atoms with Crippen LogP contribution in [0.1, 0.15) is 10.4 Å². The molecule has 0 fully saturated rings. The summed E-state index contributed by atoms with van der Waals surface area (Å²) in [6, 6.07) is 11.8. The van der Waals surface area contributed by atoms with Crippen LogP contribution < -0.4 is 10.9 Å². The number of hydrazine groups is 1. The molecule has 0 aromatic heterocycles. The Hall–Kier alpha value is -2.93. The molecule has 0 saturated heterocycles. The van der Waals surface area contributed by atoms with Crippen molar-refractivity contribution in [1.82, 2.24) is 0 Å². The fourth-order valence-corrected chi connectivity index (χ4v) is 1.73. The van der Waals surface area contributed by atoms with Gasteiger partial charge in [-0.1, -0.05) is 12.1 Å². The lowest BCUT2D eigenvalue weighted by Crippen LogP contribution is -2.25. The first kappa shape index (κ1) is 13.5. The van der Waals surface area contributed by atoms with E-state index in [1.54, 1.807) is 12.1 Å². The second-order valence-electron chi connectivity index (χ2n) is 3.97. The Morgan fingerprint density at radius 1 is 1.15 bits per heavy atom. The highest BCUT2D eigenvalue weighted by atomic mass is 16.6. The molecule has 7 nitrogen and oxygen atoms in total. The van der Waals surface area contributed by atoms with E-state index in [4.69, 9.17) is 10.9 Å². The third-order valence-corrected chi connectivity index (χ3v) is 2.73. The van der Waals surface area contributed by atoms with E-state index in [1.807, 2.05) is 0 Å². The van der Waals surface area contributed by atoms with Crippen LogP contribution in [0.4, 0.5) is 17.1 Å². The van der Waals surface area contributed by atoms with E-state index in [9.17, 15) is 14.9 Å². The molecule has 0 saturated carbocycles. The minimum absolute atomic E-state index is 0.115. The summed E-state index contributed by atoms with van der Waals surface area (Å²) < 4.78 is 0. The number of nitro groups is 1. The summed E-state index contributed by atoms with van der Waals surface area (Å²) in [5.74, 6) is 4.81. The van der Waals surface area contributed by atoms with Crippen molar-refractivity contribution in [3.05, 3.63) is 64.2 Å². The summed E-state index contributed by atoms with van der Waals surface area (Å²) in [5, 5.41) is 20.9. The number of nitrogens with two attached hydrogens (primary N) is 1. The molecule has 0 aliphatic rings. The smallest absolute Gasteiger partial charge is 0.335 e. The Bertz CT molecular complexity index is 655. The fraction of sp³-hybridized carbons (Fsp3) is 0. The van der Waals surface area contributed by atoms with E-state index in [-0.39, 0.29) is 16.9 Å². The summed E-state index contributed by atoms with van der Waals surface area (Å²) >= 11 is 0. The van der Waals surface area contributed by atoms with Crippen molar-refractivity contribution in [2.45, 2.75) is 0 Å². The molecule has 2 aromatic rings. The molecule has 3 N–H and O–H groups in total. The van der Waals surface area contributed by atoms with E-state index in [0.717, 1.165) is 5.01 Å². The Labute approximate surface area is 114 Å². The molecule has 0 radical (unpaired) electrons. The molecule has 0 atom stereocenters. The number of benzene rings is 2. The number of rotatable bonds is 4. The van der Waals surface area contributed by atoms with Crippen LogP contribution in [0.15, 0.2) is 48.5 Å². The van der Waals surface area contributed by atoms with Crippen molar-refractivity contribution < 1.29 is 14.8 Å². The van der Waals surface area contributed by atoms with Crippen LogP contribution in [0.2, 0.25) is 0 Å². The van der Waals surface area contributed by atoms with Gasteiger partial charge in [0.05, 0.1) is 16.2 Å². The molecule has 0 heterocycles. The zero-order chi connectivity index (χ0) is 14.7. The minimum atomic E-state index is -1.05. The molecule has 7 heteroatoms. The summed E-state index contributed by atoms with van der Waals surface area (Å²) in [6.45, 7) is 0. The number of nitrogens with zero attached hydrogens (tertiary/aromatic N) is 2. The van der Waals surface area contributed by atoms with Crippen LogP contribution in [0.3, 0.4) is 0 Å². The topological polar surface area (TPSA) is 110 Å². The van der Waals surface area contributed by atoms with Gasteiger partial charge in [-0.25, -0.2) is 10.6 Å². The lowest BCUT2D eigenvalue weighted by molar-refractivity contribution is -0.384. The molecule has 0 bridgehead atoms. The monoisotopic (exact) mass is 273 g/mol. The van der Waals surface area contributed by atoms with Crippen molar-refractivity contribution >= 4 is 23.0 Å². The third kappa shape index (κ3) is 2.57. The zero-order valence-electron chi connectivity index (χ0n) is 10.3. The number of nitro benzene ring substituents is 1. The maximum atomic E-state index is 10.9. The molecule has 20 heavy (non-hydrogen) atoms. The first-order chi connectivity index (χ1) is 9.50. The number of carbonyl (C=O) groups is 1. The first-order valence-electron chi connectivity index (χ1n) is 5.62. The van der Waals surface area contributed by atoms with Crippen LogP contribution in [0.5, 0.6) is 0 Å². The van der Waals surface area contributed by atoms with Crippen LogP contribution in [-0.4, -0.2) is 16.0 Å². The zero-order valence-corrected chi connectivity index (χ0v) is 10.3. The van der Waals surface area contributed by atoms with Gasteiger partial charge in [0.1, 0.15) is 5.69 Å². The number of anilines is 2. The van der Waals surface area contributed by atoms with Crippen LogP contribution in [-0.2, 0) is 0 Å². The van der Waals surface area contributed by atoms with Gasteiger partial charge in [0, 0.05) is 6.07 Å². The molecular formula is C13H11N3O4. The standard InChI is InChI=1S/C13H11N3O4/c14-15(10-7-5-9(6-8-10)13(17)18)11-3-1-2-4-12(11)16(19)20/h1-8H,14H2,(H,17,18). The van der Waals surface area contributed by atoms with Gasteiger partial charge in [-0.15, -0.1) is 0 Å². The van der Waals surface area contributed by atoms with Crippen molar-refractivity contribution in [2.75, 3.05) is 5.01 Å². The minimum Gasteiger partial charge on any atom is -0.478 e. The SMILES string of the molecule is NN(c1ccc(C(=O)O)cc1)c1ccccc1[N+](=O)[O-]. The van der Waals surface area contributed by atoms with Gasteiger partial charge in [0.15, 0.2) is 0 Å². The normalized spacial score (nSPS) is 10.1. The van der Waals surface area contributed by atoms with Gasteiger partial charge in [0.2, 0.25) is 0 Å². The average molecular weight is 273 g/mol. The number of aromatic carboxylic acids is 1. The number of carboxylic acid groups (broad SMARTS) is 1. The highest BCUT2D eigenvalue weighted by Gasteiger charge is 2.17. The second-order valence-corrected chi connectivity index (χ2v) is 3.97. The van der Waals surface area contributed by atoms with Crippen molar-refractivity contribution in [3.8, 4) is 0 Å². The number of hydrogen-bond acceptors (Lipinski definition) is 5. The molecule has 0 unspecified atom stereocenters. The summed E-state index contributed by atoms with van der Waals surface area (Å²) in [4.78, 5) is 21.2. The van der Waals surface area contributed by atoms with E-state index >= 15 is 0 Å². The van der Waals surface area contributed by atoms with Gasteiger partial charge in [-0.2, -0.15) is 0 Å². The Morgan fingerprint density at radius 3 is 2.30 bits per heavy atom. The lowest BCUT2D eigenvalue weighted by atomic mass is 10.2. The summed E-state index contributed by atoms with van der Waals surface area (Å²) in [7, 11) is 0. The lowest BCUT2D eigenvalue weighted by Gasteiger charge is -2.18. The maximum absolute atomic E-state index is 10.9. The highest BCUT2D eigenvalue weighted by Crippen LogP contribution is 2.30. The van der Waals surface area contributed by atoms with Crippen molar-refractivity contribution in [3.63, 3.8) is 0 Å². The molecular weight excluding hydrogens is 262 g/mol. The quantitative estimate of drug-likeness (QED) is 0.502. The highest BCUT2D eigenvalue weighted by molar-refractivity contribution is 5.88.